The van der Waals surface area contributed by atoms with E-state index in [9.17, 15) is 0 Å². The van der Waals surface area contributed by atoms with Crippen LogP contribution in [-0.2, 0) is 19.4 Å². The minimum absolute atomic E-state index is 0.0804. The molecule has 1 spiro atoms. The van der Waals surface area contributed by atoms with E-state index in [1.165, 1.54) is 43.4 Å². The van der Waals surface area contributed by atoms with Gasteiger partial charge in [0.15, 0.2) is 0 Å². The van der Waals surface area contributed by atoms with Crippen molar-refractivity contribution in [3.05, 3.63) is 83.3 Å². The lowest BCUT2D eigenvalue weighted by molar-refractivity contribution is 0.0481. The fraction of sp³-hybridized carbons (Fsp3) is 0.436. The number of imidazole rings is 1. The molecule has 3 aliphatic heterocycles. The third-order valence-corrected chi connectivity index (χ3v) is 12.6. The standard InChI is InChI=1S/C39H39F2N5/c1-44-21-38(12-13-38)19-34(44)37-42-20-35(46(37)3)24-6-10-29-28-9-5-23(16-30(28)39(40,41)31(29)17-24)22-7-11-32-26(14-22)18-33(43-32)36-25-4-8-27(15-25)45(36)2/h5-7,9-11,14,16-17,20,25,27,34,36H,4,8,12-13,15,18-19,21H2,1-3H3/t25-,27+,34-,36-/m0/s1. The second-order valence-electron chi connectivity index (χ2n) is 15.3. The van der Waals surface area contributed by atoms with Gasteiger partial charge in [-0.15, -0.1) is 0 Å². The Kier molecular flexibility index (Phi) is 5.50. The zero-order chi connectivity index (χ0) is 31.1. The molecule has 2 bridgehead atoms. The van der Waals surface area contributed by atoms with Crippen LogP contribution in [0.3, 0.4) is 0 Å². The van der Waals surface area contributed by atoms with Crippen LogP contribution in [0.5, 0.6) is 0 Å². The minimum atomic E-state index is -3.08. The summed E-state index contributed by atoms with van der Waals surface area (Å²) in [6.45, 7) is 1.12. The van der Waals surface area contributed by atoms with E-state index in [2.05, 4.69) is 40.6 Å². The maximum absolute atomic E-state index is 16.3. The molecule has 4 atom stereocenters. The summed E-state index contributed by atoms with van der Waals surface area (Å²) >= 11 is 0. The Bertz CT molecular complexity index is 1980. The van der Waals surface area contributed by atoms with Crippen LogP contribution in [0, 0.1) is 11.3 Å². The Balaban J connectivity index is 0.937. The molecule has 46 heavy (non-hydrogen) atoms. The fourth-order valence-corrected chi connectivity index (χ4v) is 9.95. The summed E-state index contributed by atoms with van der Waals surface area (Å²) < 4.78 is 34.7. The molecule has 3 aliphatic carbocycles. The molecular weight excluding hydrogens is 576 g/mol. The van der Waals surface area contributed by atoms with Crippen LogP contribution >= 0.6 is 0 Å². The van der Waals surface area contributed by atoms with Crippen LogP contribution in [0.25, 0.3) is 33.5 Å². The van der Waals surface area contributed by atoms with Crippen molar-refractivity contribution in [3.63, 3.8) is 0 Å². The molecule has 6 aliphatic rings. The lowest BCUT2D eigenvalue weighted by Crippen LogP contribution is -2.43. The SMILES string of the molecule is CN1CC2(CC2)C[C@H]1c1ncc(-c2ccc3c(c2)C(F)(F)c2cc(-c4ccc5c(c4)CC([C@@H]4[C@H]6CC[C@H](C6)N4C)=N5)ccc2-3)n1C. The van der Waals surface area contributed by atoms with Crippen LogP contribution in [0.2, 0.25) is 0 Å². The van der Waals surface area contributed by atoms with Gasteiger partial charge in [-0.25, -0.2) is 4.98 Å². The molecular formula is C39H39F2N5. The molecule has 0 amide bonds. The normalized spacial score (nSPS) is 28.2. The number of rotatable bonds is 4. The maximum Gasteiger partial charge on any atom is 0.299 e. The highest BCUT2D eigenvalue weighted by atomic mass is 19.3. The highest BCUT2D eigenvalue weighted by Crippen LogP contribution is 2.58. The lowest BCUT2D eigenvalue weighted by atomic mass is 9.91. The largest absolute Gasteiger partial charge is 0.330 e. The first-order valence-corrected chi connectivity index (χ1v) is 17.0. The number of piperidine rings is 1. The molecule has 2 saturated carbocycles. The molecule has 10 rings (SSSR count). The van der Waals surface area contributed by atoms with Crippen LogP contribution in [0.1, 0.15) is 67.1 Å². The summed E-state index contributed by atoms with van der Waals surface area (Å²) in [7, 11) is 6.46. The Morgan fingerprint density at radius 2 is 1.57 bits per heavy atom. The van der Waals surface area contributed by atoms with Crippen LogP contribution < -0.4 is 0 Å². The summed E-state index contributed by atoms with van der Waals surface area (Å²) in [5, 5.41) is 0. The number of fused-ring (bicyclic) bond motifs is 6. The Hall–Kier alpha value is -3.68. The maximum atomic E-state index is 16.3. The number of halogens is 2. The number of hydrogen-bond acceptors (Lipinski definition) is 4. The van der Waals surface area contributed by atoms with Crippen molar-refractivity contribution in [3.8, 4) is 33.5 Å². The van der Waals surface area contributed by atoms with Gasteiger partial charge in [0.25, 0.3) is 5.92 Å². The molecule has 0 unspecified atom stereocenters. The second kappa shape index (κ2) is 9.23. The van der Waals surface area contributed by atoms with Gasteiger partial charge in [-0.2, -0.15) is 8.78 Å². The van der Waals surface area contributed by atoms with E-state index in [1.807, 2.05) is 43.6 Å². The Labute approximate surface area is 269 Å². The zero-order valence-corrected chi connectivity index (χ0v) is 26.7. The van der Waals surface area contributed by atoms with E-state index in [-0.39, 0.29) is 17.2 Å². The van der Waals surface area contributed by atoms with E-state index < -0.39 is 5.92 Å². The number of hydrogen-bond donors (Lipinski definition) is 0. The molecule has 0 radical (unpaired) electrons. The predicted molar refractivity (Wildman–Crippen MR) is 178 cm³/mol. The summed E-state index contributed by atoms with van der Waals surface area (Å²) in [5.74, 6) is -1.34. The molecule has 5 nitrogen and oxygen atoms in total. The third-order valence-electron chi connectivity index (χ3n) is 12.6. The van der Waals surface area contributed by atoms with Crippen LogP contribution in [0.4, 0.5) is 14.5 Å². The Morgan fingerprint density at radius 3 is 2.28 bits per heavy atom. The second-order valence-corrected chi connectivity index (χ2v) is 15.3. The van der Waals surface area contributed by atoms with Gasteiger partial charge >= 0.3 is 0 Å². The van der Waals surface area contributed by atoms with E-state index >= 15 is 8.78 Å². The summed E-state index contributed by atoms with van der Waals surface area (Å²) in [4.78, 5) is 14.8. The zero-order valence-electron chi connectivity index (χ0n) is 26.7. The summed E-state index contributed by atoms with van der Waals surface area (Å²) in [6.07, 6.45) is 10.3. The van der Waals surface area contributed by atoms with Gasteiger partial charge in [-0.1, -0.05) is 30.3 Å². The average Bonchev–Trinajstić information content (AvgIpc) is 3.61. The van der Waals surface area contributed by atoms with Crippen molar-refractivity contribution in [1.82, 2.24) is 19.4 Å². The van der Waals surface area contributed by atoms with Crippen molar-refractivity contribution >= 4 is 11.4 Å². The molecule has 1 aromatic heterocycles. The monoisotopic (exact) mass is 615 g/mol. The number of aromatic nitrogens is 2. The first kappa shape index (κ1) is 27.4. The van der Waals surface area contributed by atoms with Crippen molar-refractivity contribution < 1.29 is 8.78 Å². The molecule has 7 heteroatoms. The number of aliphatic imine (C=N–C) groups is 1. The van der Waals surface area contributed by atoms with Crippen LogP contribution in [0.15, 0.2) is 65.8 Å². The van der Waals surface area contributed by atoms with E-state index in [0.29, 0.717) is 34.5 Å². The first-order valence-electron chi connectivity index (χ1n) is 17.0. The van der Waals surface area contributed by atoms with Gasteiger partial charge < -0.3 is 4.57 Å². The van der Waals surface area contributed by atoms with Gasteiger partial charge in [0.05, 0.1) is 29.7 Å². The highest BCUT2D eigenvalue weighted by Gasteiger charge is 2.52. The molecule has 234 valence electrons. The third kappa shape index (κ3) is 3.79. The predicted octanol–water partition coefficient (Wildman–Crippen LogP) is 8.14. The molecule has 0 N–H and O–H groups in total. The average molecular weight is 616 g/mol. The lowest BCUT2D eigenvalue weighted by Gasteiger charge is -2.32. The topological polar surface area (TPSA) is 36.7 Å². The first-order chi connectivity index (χ1) is 22.2. The van der Waals surface area contributed by atoms with Crippen molar-refractivity contribution in [2.75, 3.05) is 20.6 Å². The van der Waals surface area contributed by atoms with E-state index in [4.69, 9.17) is 9.98 Å². The summed E-state index contributed by atoms with van der Waals surface area (Å²) in [6, 6.07) is 18.8. The number of alkyl halides is 2. The van der Waals surface area contributed by atoms with Gasteiger partial charge in [-0.05, 0) is 116 Å². The number of likely N-dealkylation sites (tertiary alicyclic amines) is 2. The molecule has 4 fully saturated rings. The molecule has 3 aromatic carbocycles. The van der Waals surface area contributed by atoms with Gasteiger partial charge in [0.1, 0.15) is 5.82 Å². The van der Waals surface area contributed by atoms with Crippen molar-refractivity contribution in [2.45, 2.75) is 69.0 Å². The number of benzene rings is 3. The molecule has 4 heterocycles. The minimum Gasteiger partial charge on any atom is -0.330 e. The van der Waals surface area contributed by atoms with Crippen molar-refractivity contribution in [1.29, 1.82) is 0 Å². The fourth-order valence-electron chi connectivity index (χ4n) is 9.95. The van der Waals surface area contributed by atoms with Gasteiger partial charge in [-0.3, -0.25) is 14.8 Å². The van der Waals surface area contributed by atoms with E-state index in [0.717, 1.165) is 53.3 Å². The van der Waals surface area contributed by atoms with E-state index in [1.54, 1.807) is 12.1 Å². The smallest absolute Gasteiger partial charge is 0.299 e. The van der Waals surface area contributed by atoms with Crippen LogP contribution in [-0.4, -0.2) is 57.8 Å². The molecule has 2 saturated heterocycles. The van der Waals surface area contributed by atoms with Crippen molar-refractivity contribution in [2.24, 2.45) is 23.4 Å². The van der Waals surface area contributed by atoms with Gasteiger partial charge in [0, 0.05) is 48.5 Å². The quantitative estimate of drug-likeness (QED) is 0.233. The number of nitrogens with zero attached hydrogens (tertiary/aromatic N) is 5. The highest BCUT2D eigenvalue weighted by molar-refractivity contribution is 5.99. The van der Waals surface area contributed by atoms with Gasteiger partial charge in [0.2, 0.25) is 0 Å². The Morgan fingerprint density at radius 1 is 0.848 bits per heavy atom. The summed E-state index contributed by atoms with van der Waals surface area (Å²) in [5.41, 5.74) is 8.84. The molecule has 4 aromatic rings.